The number of nitrogens with zero attached hydrogens (tertiary/aromatic N) is 1. The average molecular weight is 322 g/mol. The van der Waals surface area contributed by atoms with Crippen LogP contribution in [0, 0.1) is 5.82 Å². The van der Waals surface area contributed by atoms with E-state index >= 15 is 0 Å². The van der Waals surface area contributed by atoms with Gasteiger partial charge in [-0.05, 0) is 35.4 Å². The zero-order valence-electron chi connectivity index (χ0n) is 11.1. The number of rotatable bonds is 3. The molecule has 0 N–H and O–H groups in total. The second kappa shape index (κ2) is 6.08. The van der Waals surface area contributed by atoms with Crippen LogP contribution in [0.5, 0.6) is 0 Å². The fourth-order valence-corrected chi connectivity index (χ4v) is 3.72. The molecule has 5 heteroatoms. The summed E-state index contributed by atoms with van der Waals surface area (Å²) in [5, 5.41) is 0.621. The molecular formula is C16H13ClFNOS. The summed E-state index contributed by atoms with van der Waals surface area (Å²) in [6, 6.07) is 13.8. The highest BCUT2D eigenvalue weighted by Crippen LogP contribution is 2.40. The minimum absolute atomic E-state index is 0.0405. The van der Waals surface area contributed by atoms with Crippen LogP contribution >= 0.6 is 23.4 Å². The molecule has 1 aliphatic rings. The van der Waals surface area contributed by atoms with Gasteiger partial charge in [-0.1, -0.05) is 35.9 Å². The van der Waals surface area contributed by atoms with Crippen molar-refractivity contribution in [2.24, 2.45) is 0 Å². The molecule has 2 nitrogen and oxygen atoms in total. The Morgan fingerprint density at radius 3 is 2.71 bits per heavy atom. The largest absolute Gasteiger partial charge is 0.322 e. The molecule has 0 aliphatic carbocycles. The van der Waals surface area contributed by atoms with E-state index in [1.807, 2.05) is 29.2 Å². The Morgan fingerprint density at radius 1 is 1.24 bits per heavy atom. The van der Waals surface area contributed by atoms with Gasteiger partial charge in [0.05, 0.1) is 5.75 Å². The number of carbonyl (C=O) groups excluding carboxylic acids is 1. The Morgan fingerprint density at radius 2 is 2.00 bits per heavy atom. The van der Waals surface area contributed by atoms with Gasteiger partial charge in [0.2, 0.25) is 5.91 Å². The topological polar surface area (TPSA) is 20.3 Å². The molecule has 0 saturated carbocycles. The van der Waals surface area contributed by atoms with Crippen LogP contribution in [0.2, 0.25) is 5.02 Å². The third kappa shape index (κ3) is 3.22. The van der Waals surface area contributed by atoms with Gasteiger partial charge in [0, 0.05) is 11.6 Å². The van der Waals surface area contributed by atoms with Gasteiger partial charge in [-0.25, -0.2) is 4.39 Å². The molecule has 108 valence electrons. The molecule has 0 radical (unpaired) electrons. The highest BCUT2D eigenvalue weighted by Gasteiger charge is 2.32. The molecule has 1 saturated heterocycles. The number of hydrogen-bond acceptors (Lipinski definition) is 2. The normalized spacial score (nSPS) is 18.3. The van der Waals surface area contributed by atoms with Crippen molar-refractivity contribution in [3.05, 3.63) is 70.5 Å². The molecule has 2 aromatic carbocycles. The SMILES string of the molecule is O=C1CSC(c2cccc(Cl)c2)N1Cc1ccc(F)cc1. The predicted molar refractivity (Wildman–Crippen MR) is 83.6 cm³/mol. The molecule has 0 spiro atoms. The lowest BCUT2D eigenvalue weighted by molar-refractivity contribution is -0.128. The van der Waals surface area contributed by atoms with Gasteiger partial charge in [0.25, 0.3) is 0 Å². The van der Waals surface area contributed by atoms with Gasteiger partial charge >= 0.3 is 0 Å². The zero-order chi connectivity index (χ0) is 14.8. The average Bonchev–Trinajstić information content (AvgIpc) is 2.83. The third-order valence-electron chi connectivity index (χ3n) is 3.37. The van der Waals surface area contributed by atoms with Crippen LogP contribution in [0.3, 0.4) is 0 Å². The van der Waals surface area contributed by atoms with Crippen LogP contribution in [0.15, 0.2) is 48.5 Å². The predicted octanol–water partition coefficient (Wildman–Crippen LogP) is 4.25. The molecule has 1 unspecified atom stereocenters. The van der Waals surface area contributed by atoms with Crippen LogP contribution in [0.4, 0.5) is 4.39 Å². The van der Waals surface area contributed by atoms with Gasteiger partial charge in [-0.3, -0.25) is 4.79 Å². The minimum atomic E-state index is -0.271. The Kier molecular flexibility index (Phi) is 4.17. The quantitative estimate of drug-likeness (QED) is 0.842. The number of thioether (sulfide) groups is 1. The lowest BCUT2D eigenvalue weighted by Crippen LogP contribution is -2.27. The fraction of sp³-hybridized carbons (Fsp3) is 0.188. The first-order valence-corrected chi connectivity index (χ1v) is 7.97. The van der Waals surface area contributed by atoms with Gasteiger partial charge in [-0.15, -0.1) is 11.8 Å². The van der Waals surface area contributed by atoms with Gasteiger partial charge in [0.1, 0.15) is 11.2 Å². The third-order valence-corrected chi connectivity index (χ3v) is 4.86. The van der Waals surface area contributed by atoms with E-state index in [0.29, 0.717) is 17.3 Å². The number of amides is 1. The highest BCUT2D eigenvalue weighted by atomic mass is 35.5. The van der Waals surface area contributed by atoms with Gasteiger partial charge in [-0.2, -0.15) is 0 Å². The van der Waals surface area contributed by atoms with E-state index in [1.54, 1.807) is 23.9 Å². The summed E-state index contributed by atoms with van der Waals surface area (Å²) < 4.78 is 13.0. The molecular weight excluding hydrogens is 309 g/mol. The number of benzene rings is 2. The van der Waals surface area contributed by atoms with Crippen LogP contribution in [-0.4, -0.2) is 16.6 Å². The maximum Gasteiger partial charge on any atom is 0.234 e. The summed E-state index contributed by atoms with van der Waals surface area (Å²) in [6.07, 6.45) is 0. The van der Waals surface area contributed by atoms with Crippen molar-refractivity contribution in [1.82, 2.24) is 4.90 Å². The molecule has 0 aromatic heterocycles. The first-order valence-electron chi connectivity index (χ1n) is 6.54. The van der Waals surface area contributed by atoms with Gasteiger partial charge in [0.15, 0.2) is 0 Å². The molecule has 1 amide bonds. The Hall–Kier alpha value is -1.52. The first kappa shape index (κ1) is 14.4. The second-order valence-electron chi connectivity index (χ2n) is 4.87. The maximum absolute atomic E-state index is 13.0. The van der Waals surface area contributed by atoms with Crippen LogP contribution < -0.4 is 0 Å². The van der Waals surface area contributed by atoms with E-state index in [-0.39, 0.29) is 17.1 Å². The smallest absolute Gasteiger partial charge is 0.234 e. The molecule has 2 aromatic rings. The molecule has 21 heavy (non-hydrogen) atoms. The lowest BCUT2D eigenvalue weighted by atomic mass is 10.1. The van der Waals surface area contributed by atoms with Crippen molar-refractivity contribution in [1.29, 1.82) is 0 Å². The van der Waals surface area contributed by atoms with E-state index in [9.17, 15) is 9.18 Å². The summed E-state index contributed by atoms with van der Waals surface area (Å²) in [5.41, 5.74) is 1.93. The summed E-state index contributed by atoms with van der Waals surface area (Å²) >= 11 is 7.62. The molecule has 1 atom stereocenters. The van der Waals surface area contributed by atoms with Crippen molar-refractivity contribution in [3.8, 4) is 0 Å². The zero-order valence-corrected chi connectivity index (χ0v) is 12.7. The van der Waals surface area contributed by atoms with Crippen molar-refractivity contribution >= 4 is 29.3 Å². The van der Waals surface area contributed by atoms with Crippen LogP contribution in [0.25, 0.3) is 0 Å². The van der Waals surface area contributed by atoms with Crippen molar-refractivity contribution in [2.45, 2.75) is 11.9 Å². The van der Waals surface area contributed by atoms with Crippen molar-refractivity contribution in [2.75, 3.05) is 5.75 Å². The minimum Gasteiger partial charge on any atom is -0.322 e. The van der Waals surface area contributed by atoms with E-state index in [1.165, 1.54) is 12.1 Å². The Labute approximate surface area is 131 Å². The van der Waals surface area contributed by atoms with Crippen LogP contribution in [-0.2, 0) is 11.3 Å². The monoisotopic (exact) mass is 321 g/mol. The van der Waals surface area contributed by atoms with Gasteiger partial charge < -0.3 is 4.90 Å². The first-order chi connectivity index (χ1) is 10.1. The second-order valence-corrected chi connectivity index (χ2v) is 6.37. The van der Waals surface area contributed by atoms with E-state index in [2.05, 4.69) is 0 Å². The van der Waals surface area contributed by atoms with Crippen LogP contribution in [0.1, 0.15) is 16.5 Å². The fourth-order valence-electron chi connectivity index (χ4n) is 2.35. The standard InChI is InChI=1S/C16H13ClFNOS/c17-13-3-1-2-12(8-13)16-19(15(20)10-21-16)9-11-4-6-14(18)7-5-11/h1-8,16H,9-10H2. The molecule has 1 fully saturated rings. The summed E-state index contributed by atoms with van der Waals surface area (Å²) in [4.78, 5) is 13.9. The highest BCUT2D eigenvalue weighted by molar-refractivity contribution is 8.00. The van der Waals surface area contributed by atoms with E-state index in [4.69, 9.17) is 11.6 Å². The van der Waals surface area contributed by atoms with E-state index in [0.717, 1.165) is 11.1 Å². The molecule has 0 bridgehead atoms. The Balaban J connectivity index is 1.84. The number of hydrogen-bond donors (Lipinski definition) is 0. The molecule has 3 rings (SSSR count). The maximum atomic E-state index is 13.0. The van der Waals surface area contributed by atoms with E-state index < -0.39 is 0 Å². The Bertz CT molecular complexity index is 662. The number of carbonyl (C=O) groups is 1. The molecule has 1 heterocycles. The summed E-state index contributed by atoms with van der Waals surface area (Å²) in [5.74, 6) is 0.278. The van der Waals surface area contributed by atoms with Crippen molar-refractivity contribution in [3.63, 3.8) is 0 Å². The summed E-state index contributed by atoms with van der Waals surface area (Å²) in [6.45, 7) is 0.475. The lowest BCUT2D eigenvalue weighted by Gasteiger charge is -2.24. The van der Waals surface area contributed by atoms with Crippen molar-refractivity contribution < 1.29 is 9.18 Å². The molecule has 1 aliphatic heterocycles. The number of halogens is 2. The summed E-state index contributed by atoms with van der Waals surface area (Å²) in [7, 11) is 0.